The molecule has 5 nitrogen and oxygen atoms in total. The van der Waals surface area contributed by atoms with E-state index in [9.17, 15) is 9.59 Å². The lowest BCUT2D eigenvalue weighted by molar-refractivity contribution is -0.149. The fraction of sp³-hybridized carbons (Fsp3) is 0.846. The number of hydrogen-bond acceptors (Lipinski definition) is 4. The molecule has 0 radical (unpaired) electrons. The molecule has 2 aliphatic rings. The molecule has 2 fully saturated rings. The second-order valence-electron chi connectivity index (χ2n) is 5.91. The molecule has 0 bridgehead atoms. The number of nitrogens with two attached hydrogens (primary N) is 1. The van der Waals surface area contributed by atoms with Crippen LogP contribution < -0.4 is 11.1 Å². The average Bonchev–Trinajstić information content (AvgIpc) is 2.34. The molecule has 0 aromatic carbocycles. The number of nitrogens with one attached hydrogen (secondary N) is 1. The molecule has 18 heavy (non-hydrogen) atoms. The normalized spacial score (nSPS) is 33.3. The zero-order valence-corrected chi connectivity index (χ0v) is 11.2. The molecular weight excluding hydrogens is 230 g/mol. The molecule has 102 valence electrons. The van der Waals surface area contributed by atoms with Gasteiger partial charge in [0, 0.05) is 6.04 Å². The summed E-state index contributed by atoms with van der Waals surface area (Å²) >= 11 is 0. The summed E-state index contributed by atoms with van der Waals surface area (Å²) in [5.74, 6) is 0.0116. The first-order valence-electron chi connectivity index (χ1n) is 6.78. The van der Waals surface area contributed by atoms with Crippen molar-refractivity contribution >= 4 is 11.8 Å². The smallest absolute Gasteiger partial charge is 0.246 e. The van der Waals surface area contributed by atoms with E-state index in [-0.39, 0.29) is 17.9 Å². The van der Waals surface area contributed by atoms with Gasteiger partial charge in [-0.1, -0.05) is 12.8 Å². The average molecular weight is 253 g/mol. The Morgan fingerprint density at radius 2 is 2.00 bits per heavy atom. The molecule has 0 aromatic rings. The monoisotopic (exact) mass is 253 g/mol. The van der Waals surface area contributed by atoms with E-state index in [1.165, 1.54) is 6.42 Å². The highest BCUT2D eigenvalue weighted by Crippen LogP contribution is 2.33. The molecule has 3 N–H and O–H groups in total. The van der Waals surface area contributed by atoms with Crippen molar-refractivity contribution < 1.29 is 9.59 Å². The van der Waals surface area contributed by atoms with Crippen LogP contribution in [0.25, 0.3) is 0 Å². The van der Waals surface area contributed by atoms with Gasteiger partial charge in [0.1, 0.15) is 0 Å². The number of rotatable bonds is 2. The number of hydrogen-bond donors (Lipinski definition) is 2. The van der Waals surface area contributed by atoms with Gasteiger partial charge in [-0.25, -0.2) is 0 Å². The van der Waals surface area contributed by atoms with Gasteiger partial charge in [-0.05, 0) is 39.2 Å². The molecular formula is C13H23N3O2. The van der Waals surface area contributed by atoms with Crippen molar-refractivity contribution in [3.63, 3.8) is 0 Å². The summed E-state index contributed by atoms with van der Waals surface area (Å²) in [6.07, 6.45) is 4.49. The van der Waals surface area contributed by atoms with E-state index in [4.69, 9.17) is 5.73 Å². The Bertz CT molecular complexity index is 354. The summed E-state index contributed by atoms with van der Waals surface area (Å²) in [7, 11) is 0. The molecule has 0 aromatic heterocycles. The topological polar surface area (TPSA) is 75.4 Å². The van der Waals surface area contributed by atoms with E-state index < -0.39 is 5.54 Å². The van der Waals surface area contributed by atoms with Crippen LogP contribution in [0.5, 0.6) is 0 Å². The zero-order valence-electron chi connectivity index (χ0n) is 11.2. The molecule has 1 aliphatic heterocycles. The third-order valence-corrected chi connectivity index (χ3v) is 4.41. The van der Waals surface area contributed by atoms with E-state index in [1.54, 1.807) is 0 Å². The van der Waals surface area contributed by atoms with Gasteiger partial charge in [0.2, 0.25) is 11.8 Å². The molecule has 2 unspecified atom stereocenters. The largest absolute Gasteiger partial charge is 0.330 e. The molecule has 0 spiro atoms. The van der Waals surface area contributed by atoms with Crippen LogP contribution in [0.4, 0.5) is 0 Å². The van der Waals surface area contributed by atoms with Crippen LogP contribution in [-0.4, -0.2) is 41.4 Å². The lowest BCUT2D eigenvalue weighted by Crippen LogP contribution is -2.68. The lowest BCUT2D eigenvalue weighted by Gasteiger charge is -2.48. The number of imide groups is 1. The van der Waals surface area contributed by atoms with Gasteiger partial charge in [0.15, 0.2) is 0 Å². The van der Waals surface area contributed by atoms with Crippen LogP contribution in [0.2, 0.25) is 0 Å². The maximum Gasteiger partial charge on any atom is 0.246 e. The summed E-state index contributed by atoms with van der Waals surface area (Å²) in [4.78, 5) is 25.6. The first-order chi connectivity index (χ1) is 8.46. The van der Waals surface area contributed by atoms with Crippen LogP contribution in [0, 0.1) is 5.92 Å². The fourth-order valence-electron chi connectivity index (χ4n) is 3.21. The SMILES string of the molecule is CC1(C)C(=O)NC(=O)CN1C1CCCCC1CN. The third-order valence-electron chi connectivity index (χ3n) is 4.41. The first kappa shape index (κ1) is 13.5. The molecule has 2 amide bonds. The summed E-state index contributed by atoms with van der Waals surface area (Å²) < 4.78 is 0. The Morgan fingerprint density at radius 3 is 2.67 bits per heavy atom. The second kappa shape index (κ2) is 4.97. The van der Waals surface area contributed by atoms with E-state index in [1.807, 2.05) is 13.8 Å². The van der Waals surface area contributed by atoms with Crippen molar-refractivity contribution in [3.05, 3.63) is 0 Å². The minimum Gasteiger partial charge on any atom is -0.330 e. The molecule has 5 heteroatoms. The Kier molecular flexibility index (Phi) is 3.73. The highest BCUT2D eigenvalue weighted by atomic mass is 16.2. The van der Waals surface area contributed by atoms with Crippen LogP contribution in [-0.2, 0) is 9.59 Å². The van der Waals surface area contributed by atoms with Gasteiger partial charge < -0.3 is 5.73 Å². The summed E-state index contributed by atoms with van der Waals surface area (Å²) in [6, 6.07) is 0.258. The Morgan fingerprint density at radius 1 is 1.33 bits per heavy atom. The van der Waals surface area contributed by atoms with Crippen LogP contribution in [0.15, 0.2) is 0 Å². The minimum atomic E-state index is -0.622. The predicted molar refractivity (Wildman–Crippen MR) is 68.7 cm³/mol. The highest BCUT2D eigenvalue weighted by molar-refractivity contribution is 6.03. The van der Waals surface area contributed by atoms with E-state index in [0.717, 1.165) is 19.3 Å². The maximum absolute atomic E-state index is 12.0. The van der Waals surface area contributed by atoms with Gasteiger partial charge in [0.05, 0.1) is 12.1 Å². The highest BCUT2D eigenvalue weighted by Gasteiger charge is 2.46. The molecule has 1 aliphatic carbocycles. The van der Waals surface area contributed by atoms with Crippen molar-refractivity contribution in [2.24, 2.45) is 11.7 Å². The van der Waals surface area contributed by atoms with Gasteiger partial charge in [0.25, 0.3) is 0 Å². The van der Waals surface area contributed by atoms with Gasteiger partial charge >= 0.3 is 0 Å². The molecule has 1 heterocycles. The second-order valence-corrected chi connectivity index (χ2v) is 5.91. The number of carbonyl (C=O) groups is 2. The van der Waals surface area contributed by atoms with Crippen molar-refractivity contribution in [2.75, 3.05) is 13.1 Å². The van der Waals surface area contributed by atoms with E-state index in [2.05, 4.69) is 10.2 Å². The molecule has 2 rings (SSSR count). The standard InChI is InChI=1S/C13H23N3O2/c1-13(2)12(18)15-11(17)8-16(13)10-6-4-3-5-9(10)7-14/h9-10H,3-8,14H2,1-2H3,(H,15,17,18). The number of piperazine rings is 1. The quantitative estimate of drug-likeness (QED) is 0.691. The minimum absolute atomic E-state index is 0.194. The van der Waals surface area contributed by atoms with E-state index in [0.29, 0.717) is 19.0 Å². The van der Waals surface area contributed by atoms with Crippen molar-refractivity contribution in [1.82, 2.24) is 10.2 Å². The van der Waals surface area contributed by atoms with Crippen molar-refractivity contribution in [2.45, 2.75) is 51.1 Å². The summed E-state index contributed by atoms with van der Waals surface area (Å²) in [5.41, 5.74) is 5.22. The fourth-order valence-corrected chi connectivity index (χ4v) is 3.21. The summed E-state index contributed by atoms with van der Waals surface area (Å²) in [6.45, 7) is 4.71. The third kappa shape index (κ3) is 2.29. The van der Waals surface area contributed by atoms with Crippen molar-refractivity contribution in [1.29, 1.82) is 0 Å². The molecule has 2 atom stereocenters. The number of amides is 2. The van der Waals surface area contributed by atoms with Gasteiger partial charge in [-0.2, -0.15) is 0 Å². The number of carbonyl (C=O) groups excluding carboxylic acids is 2. The van der Waals surface area contributed by atoms with Gasteiger partial charge in [-0.3, -0.25) is 19.8 Å². The van der Waals surface area contributed by atoms with Crippen LogP contribution >= 0.6 is 0 Å². The van der Waals surface area contributed by atoms with Crippen LogP contribution in [0.3, 0.4) is 0 Å². The Balaban J connectivity index is 2.22. The van der Waals surface area contributed by atoms with Crippen LogP contribution in [0.1, 0.15) is 39.5 Å². The van der Waals surface area contributed by atoms with Gasteiger partial charge in [-0.15, -0.1) is 0 Å². The number of nitrogens with zero attached hydrogens (tertiary/aromatic N) is 1. The van der Waals surface area contributed by atoms with Crippen molar-refractivity contribution in [3.8, 4) is 0 Å². The van der Waals surface area contributed by atoms with E-state index >= 15 is 0 Å². The Hall–Kier alpha value is -0.940. The first-order valence-corrected chi connectivity index (χ1v) is 6.78. The molecule has 1 saturated heterocycles. The maximum atomic E-state index is 12.0. The molecule has 1 saturated carbocycles. The lowest BCUT2D eigenvalue weighted by atomic mass is 9.80. The Labute approximate surface area is 108 Å². The summed E-state index contributed by atoms with van der Waals surface area (Å²) in [5, 5.41) is 2.42. The predicted octanol–water partition coefficient (Wildman–Crippen LogP) is 0.241. The zero-order chi connectivity index (χ0) is 13.3.